The van der Waals surface area contributed by atoms with Gasteiger partial charge in [0.2, 0.25) is 0 Å². The summed E-state index contributed by atoms with van der Waals surface area (Å²) in [5.74, 6) is 0.653. The van der Waals surface area contributed by atoms with Crippen molar-refractivity contribution in [3.8, 4) is 0 Å². The first-order chi connectivity index (χ1) is 4.78. The number of ketones is 1. The van der Waals surface area contributed by atoms with E-state index in [9.17, 15) is 4.79 Å². The van der Waals surface area contributed by atoms with Crippen molar-refractivity contribution in [2.45, 2.75) is 38.5 Å². The monoisotopic (exact) mass is 136 g/mol. The lowest BCUT2D eigenvalue weighted by atomic mass is 9.99. The van der Waals surface area contributed by atoms with Crippen molar-refractivity contribution in [1.82, 2.24) is 0 Å². The minimum atomic E-state index is 0.260. The Morgan fingerprint density at radius 2 is 1.10 bits per heavy atom. The lowest BCUT2D eigenvalue weighted by Crippen LogP contribution is -2.15. The van der Waals surface area contributed by atoms with Crippen LogP contribution in [0.4, 0.5) is 0 Å². The van der Waals surface area contributed by atoms with E-state index in [1.54, 1.807) is 0 Å². The van der Waals surface area contributed by atoms with E-state index in [1.807, 2.05) is 0 Å². The molecule has 0 heterocycles. The van der Waals surface area contributed by atoms with E-state index in [4.69, 9.17) is 0 Å². The Labute approximate surface area is 60.8 Å². The van der Waals surface area contributed by atoms with Crippen LogP contribution < -0.4 is 0 Å². The Hall–Kier alpha value is -0.330. The molecule has 0 aromatic carbocycles. The molecular weight excluding hydrogens is 124 g/mol. The summed E-state index contributed by atoms with van der Waals surface area (Å²) in [6, 6.07) is 0. The highest BCUT2D eigenvalue weighted by atomic mass is 16.1. The summed E-state index contributed by atoms with van der Waals surface area (Å²) in [5, 5.41) is 0. The number of Topliss-reactive ketones (excluding diaryl/α,β-unsaturated/α-hetero) is 1. The topological polar surface area (TPSA) is 17.1 Å². The zero-order chi connectivity index (χ0) is 6.82. The van der Waals surface area contributed by atoms with Crippen LogP contribution in [-0.2, 0) is 4.79 Å². The van der Waals surface area contributed by atoms with Crippen molar-refractivity contribution in [3.63, 3.8) is 0 Å². The van der Waals surface area contributed by atoms with Crippen molar-refractivity contribution < 1.29 is 4.79 Å². The highest BCUT2D eigenvalue weighted by molar-refractivity contribution is 5.96. The third-order valence-electron chi connectivity index (χ3n) is 3.75. The molecule has 1 nitrogen and oxygen atoms in total. The molecule has 0 N–H and O–H groups in total. The van der Waals surface area contributed by atoms with Crippen molar-refractivity contribution in [3.05, 3.63) is 0 Å². The van der Waals surface area contributed by atoms with Gasteiger partial charge in [0.1, 0.15) is 5.78 Å². The molecule has 0 bridgehead atoms. The number of hydrogen-bond donors (Lipinski definition) is 0. The smallest absolute Gasteiger partial charge is 0.145 e. The van der Waals surface area contributed by atoms with Gasteiger partial charge in [0.15, 0.2) is 0 Å². The molecule has 3 saturated carbocycles. The molecule has 2 spiro atoms. The minimum Gasteiger partial charge on any atom is -0.298 e. The van der Waals surface area contributed by atoms with E-state index in [0.29, 0.717) is 5.78 Å². The normalized spacial score (nSPS) is 37.4. The molecule has 0 radical (unpaired) electrons. The molecule has 10 heavy (non-hydrogen) atoms. The Kier molecular flexibility index (Phi) is 0.637. The molecule has 0 unspecified atom stereocenters. The first kappa shape index (κ1) is 5.34. The average molecular weight is 136 g/mol. The van der Waals surface area contributed by atoms with E-state index in [0.717, 1.165) is 0 Å². The van der Waals surface area contributed by atoms with Crippen LogP contribution in [0.3, 0.4) is 0 Å². The molecule has 0 saturated heterocycles. The largest absolute Gasteiger partial charge is 0.298 e. The molecule has 1 heteroatoms. The Morgan fingerprint density at radius 1 is 0.800 bits per heavy atom. The highest BCUT2D eigenvalue weighted by Gasteiger charge is 2.66. The van der Waals surface area contributed by atoms with Gasteiger partial charge in [0, 0.05) is 10.8 Å². The van der Waals surface area contributed by atoms with Crippen LogP contribution in [0.2, 0.25) is 0 Å². The summed E-state index contributed by atoms with van der Waals surface area (Å²) in [7, 11) is 0. The third-order valence-corrected chi connectivity index (χ3v) is 3.75. The van der Waals surface area contributed by atoms with Crippen LogP contribution in [0.1, 0.15) is 38.5 Å². The lowest BCUT2D eigenvalue weighted by Gasteiger charge is -2.03. The van der Waals surface area contributed by atoms with Gasteiger partial charge in [0.25, 0.3) is 0 Å². The lowest BCUT2D eigenvalue weighted by molar-refractivity contribution is -0.126. The molecule has 0 aromatic heterocycles. The molecular formula is C9H12O. The molecule has 0 atom stereocenters. The SMILES string of the molecule is O=C1C2(CC2)CCC12CC2. The summed E-state index contributed by atoms with van der Waals surface area (Å²) in [5.41, 5.74) is 0.521. The fraction of sp³-hybridized carbons (Fsp3) is 0.889. The number of hydrogen-bond acceptors (Lipinski definition) is 1. The van der Waals surface area contributed by atoms with E-state index in [1.165, 1.54) is 38.5 Å². The minimum absolute atomic E-state index is 0.260. The third kappa shape index (κ3) is 0.415. The van der Waals surface area contributed by atoms with Gasteiger partial charge in [-0.2, -0.15) is 0 Å². The quantitative estimate of drug-likeness (QED) is 0.497. The van der Waals surface area contributed by atoms with Crippen molar-refractivity contribution in [2.75, 3.05) is 0 Å². The maximum atomic E-state index is 11.7. The fourth-order valence-corrected chi connectivity index (χ4v) is 2.52. The predicted molar refractivity (Wildman–Crippen MR) is 37.6 cm³/mol. The Morgan fingerprint density at radius 3 is 1.30 bits per heavy atom. The molecule has 0 aromatic rings. The van der Waals surface area contributed by atoms with Crippen LogP contribution in [0, 0.1) is 10.8 Å². The molecule has 0 aliphatic heterocycles. The summed E-state index contributed by atoms with van der Waals surface area (Å²) in [6.07, 6.45) is 7.32. The van der Waals surface area contributed by atoms with E-state index in [-0.39, 0.29) is 10.8 Å². The van der Waals surface area contributed by atoms with Crippen LogP contribution in [-0.4, -0.2) is 5.78 Å². The fourth-order valence-electron chi connectivity index (χ4n) is 2.52. The Bertz CT molecular complexity index is 187. The predicted octanol–water partition coefficient (Wildman–Crippen LogP) is 1.91. The maximum Gasteiger partial charge on any atom is 0.145 e. The van der Waals surface area contributed by atoms with Crippen LogP contribution in [0.15, 0.2) is 0 Å². The van der Waals surface area contributed by atoms with Gasteiger partial charge >= 0.3 is 0 Å². The molecule has 3 fully saturated rings. The first-order valence-electron chi connectivity index (χ1n) is 4.33. The van der Waals surface area contributed by atoms with Gasteiger partial charge in [-0.3, -0.25) is 4.79 Å². The van der Waals surface area contributed by atoms with Gasteiger partial charge in [-0.25, -0.2) is 0 Å². The van der Waals surface area contributed by atoms with Crippen LogP contribution >= 0.6 is 0 Å². The highest BCUT2D eigenvalue weighted by Crippen LogP contribution is 2.68. The maximum absolute atomic E-state index is 11.7. The van der Waals surface area contributed by atoms with Crippen molar-refractivity contribution in [2.24, 2.45) is 10.8 Å². The second-order valence-electron chi connectivity index (χ2n) is 4.39. The Balaban J connectivity index is 2.01. The van der Waals surface area contributed by atoms with Gasteiger partial charge < -0.3 is 0 Å². The summed E-state index contributed by atoms with van der Waals surface area (Å²) in [6.45, 7) is 0. The molecule has 3 rings (SSSR count). The zero-order valence-corrected chi connectivity index (χ0v) is 6.15. The van der Waals surface area contributed by atoms with Crippen molar-refractivity contribution in [1.29, 1.82) is 0 Å². The van der Waals surface area contributed by atoms with E-state index < -0.39 is 0 Å². The summed E-state index contributed by atoms with van der Waals surface area (Å²) < 4.78 is 0. The second kappa shape index (κ2) is 1.19. The molecule has 54 valence electrons. The molecule has 3 aliphatic carbocycles. The summed E-state index contributed by atoms with van der Waals surface area (Å²) in [4.78, 5) is 11.7. The van der Waals surface area contributed by atoms with Gasteiger partial charge in [-0.05, 0) is 38.5 Å². The second-order valence-corrected chi connectivity index (χ2v) is 4.39. The number of carbonyl (C=O) groups excluding carboxylic acids is 1. The average Bonchev–Trinajstić information content (AvgIpc) is 2.81. The van der Waals surface area contributed by atoms with Crippen LogP contribution in [0.5, 0.6) is 0 Å². The molecule has 3 aliphatic rings. The van der Waals surface area contributed by atoms with E-state index in [2.05, 4.69) is 0 Å². The number of rotatable bonds is 0. The standard InChI is InChI=1S/C9H12O/c10-7-8(1-2-8)5-6-9(7)3-4-9/h1-6H2. The van der Waals surface area contributed by atoms with Crippen molar-refractivity contribution >= 4 is 5.78 Å². The zero-order valence-electron chi connectivity index (χ0n) is 6.15. The molecule has 0 amide bonds. The summed E-state index contributed by atoms with van der Waals surface area (Å²) >= 11 is 0. The van der Waals surface area contributed by atoms with Gasteiger partial charge in [-0.1, -0.05) is 0 Å². The van der Waals surface area contributed by atoms with Gasteiger partial charge in [-0.15, -0.1) is 0 Å². The van der Waals surface area contributed by atoms with E-state index >= 15 is 0 Å². The first-order valence-corrected chi connectivity index (χ1v) is 4.33. The number of carbonyl (C=O) groups is 1. The van der Waals surface area contributed by atoms with Gasteiger partial charge in [0.05, 0.1) is 0 Å². The van der Waals surface area contributed by atoms with Crippen LogP contribution in [0.25, 0.3) is 0 Å².